The first-order valence-corrected chi connectivity index (χ1v) is 3.41. The smallest absolute Gasteiger partial charge is 0.321 e. The molecule has 0 saturated carbocycles. The van der Waals surface area contributed by atoms with Crippen LogP contribution >= 0.6 is 0 Å². The van der Waals surface area contributed by atoms with Crippen molar-refractivity contribution in [2.75, 3.05) is 12.8 Å². The molecule has 0 aliphatic rings. The van der Waals surface area contributed by atoms with Crippen LogP contribution < -0.4 is 10.5 Å². The standard InChI is InChI=1S/C7H10N4O/c1-3-4-5-9-6(8)11-7(10-5)12-2/h3H,1,4H2,2H3,(H2,8,9,10,11). The number of rotatable bonds is 3. The second-order valence-corrected chi connectivity index (χ2v) is 2.09. The maximum atomic E-state index is 5.39. The van der Waals surface area contributed by atoms with E-state index in [9.17, 15) is 0 Å². The van der Waals surface area contributed by atoms with Gasteiger partial charge in [0.15, 0.2) is 0 Å². The molecule has 0 aliphatic heterocycles. The van der Waals surface area contributed by atoms with Crippen LogP contribution in [0.5, 0.6) is 6.01 Å². The van der Waals surface area contributed by atoms with Gasteiger partial charge < -0.3 is 10.5 Å². The van der Waals surface area contributed by atoms with E-state index in [4.69, 9.17) is 10.5 Å². The summed E-state index contributed by atoms with van der Waals surface area (Å²) in [5.41, 5.74) is 5.39. The molecule has 0 bridgehead atoms. The summed E-state index contributed by atoms with van der Waals surface area (Å²) in [6, 6.07) is 0.236. The fourth-order valence-corrected chi connectivity index (χ4v) is 0.727. The molecule has 2 N–H and O–H groups in total. The Labute approximate surface area is 70.3 Å². The van der Waals surface area contributed by atoms with Crippen molar-refractivity contribution >= 4 is 5.95 Å². The quantitative estimate of drug-likeness (QED) is 0.649. The lowest BCUT2D eigenvalue weighted by Gasteiger charge is -2.00. The van der Waals surface area contributed by atoms with Gasteiger partial charge in [0.05, 0.1) is 7.11 Å². The summed E-state index contributed by atoms with van der Waals surface area (Å²) >= 11 is 0. The number of hydrogen-bond acceptors (Lipinski definition) is 5. The molecule has 5 heteroatoms. The number of anilines is 1. The zero-order valence-corrected chi connectivity index (χ0v) is 6.82. The maximum Gasteiger partial charge on any atom is 0.321 e. The van der Waals surface area contributed by atoms with Crippen molar-refractivity contribution in [3.63, 3.8) is 0 Å². The highest BCUT2D eigenvalue weighted by molar-refractivity contribution is 5.18. The molecule has 0 aliphatic carbocycles. The Hall–Kier alpha value is -1.65. The molecule has 64 valence electrons. The molecule has 1 rings (SSSR count). The van der Waals surface area contributed by atoms with Gasteiger partial charge in [0.25, 0.3) is 0 Å². The second kappa shape index (κ2) is 3.66. The first-order chi connectivity index (χ1) is 5.76. The fraction of sp³-hybridized carbons (Fsp3) is 0.286. The van der Waals surface area contributed by atoms with E-state index in [2.05, 4.69) is 21.5 Å². The third-order valence-corrected chi connectivity index (χ3v) is 1.19. The van der Waals surface area contributed by atoms with Gasteiger partial charge in [-0.05, 0) is 0 Å². The second-order valence-electron chi connectivity index (χ2n) is 2.09. The summed E-state index contributed by atoms with van der Waals surface area (Å²) in [5, 5.41) is 0. The minimum Gasteiger partial charge on any atom is -0.467 e. The third kappa shape index (κ3) is 1.91. The normalized spacial score (nSPS) is 9.42. The third-order valence-electron chi connectivity index (χ3n) is 1.19. The van der Waals surface area contributed by atoms with E-state index >= 15 is 0 Å². The number of nitrogen functional groups attached to an aromatic ring is 1. The van der Waals surface area contributed by atoms with Crippen molar-refractivity contribution in [2.24, 2.45) is 0 Å². The van der Waals surface area contributed by atoms with Crippen molar-refractivity contribution in [2.45, 2.75) is 6.42 Å². The number of ether oxygens (including phenoxy) is 1. The molecule has 0 atom stereocenters. The van der Waals surface area contributed by atoms with E-state index in [-0.39, 0.29) is 12.0 Å². The predicted octanol–water partition coefficient (Wildman–Crippen LogP) is 0.191. The number of hydrogen-bond donors (Lipinski definition) is 1. The lowest BCUT2D eigenvalue weighted by molar-refractivity contribution is 0.377. The Kier molecular flexibility index (Phi) is 2.57. The molecule has 0 radical (unpaired) electrons. The highest BCUT2D eigenvalue weighted by atomic mass is 16.5. The van der Waals surface area contributed by atoms with Crippen LogP contribution in [0, 0.1) is 0 Å². The molecule has 0 amide bonds. The average Bonchev–Trinajstić information content (AvgIpc) is 2.04. The zero-order chi connectivity index (χ0) is 8.97. The van der Waals surface area contributed by atoms with Gasteiger partial charge in [-0.1, -0.05) is 6.08 Å². The SMILES string of the molecule is C=CCc1nc(N)nc(OC)n1. The zero-order valence-electron chi connectivity index (χ0n) is 6.82. The van der Waals surface area contributed by atoms with E-state index in [0.717, 1.165) is 0 Å². The van der Waals surface area contributed by atoms with Crippen LogP contribution in [0.25, 0.3) is 0 Å². The molecule has 0 spiro atoms. The molecular weight excluding hydrogens is 156 g/mol. The van der Waals surface area contributed by atoms with Gasteiger partial charge in [0.2, 0.25) is 5.95 Å². The van der Waals surface area contributed by atoms with Gasteiger partial charge in [0, 0.05) is 6.42 Å². The molecular formula is C7H10N4O. The summed E-state index contributed by atoms with van der Waals surface area (Å²) in [4.78, 5) is 11.6. The molecule has 1 aromatic rings. The molecule has 0 aromatic carbocycles. The van der Waals surface area contributed by atoms with Crippen LogP contribution in [0.4, 0.5) is 5.95 Å². The van der Waals surface area contributed by atoms with E-state index < -0.39 is 0 Å². The fourth-order valence-electron chi connectivity index (χ4n) is 0.727. The van der Waals surface area contributed by atoms with E-state index in [1.807, 2.05) is 0 Å². The number of allylic oxidation sites excluding steroid dienone is 1. The molecule has 0 unspecified atom stereocenters. The Morgan fingerprint density at radius 3 is 2.83 bits per heavy atom. The summed E-state index contributed by atoms with van der Waals surface area (Å²) in [5.74, 6) is 0.730. The van der Waals surface area contributed by atoms with E-state index in [1.54, 1.807) is 6.08 Å². The molecule has 5 nitrogen and oxygen atoms in total. The van der Waals surface area contributed by atoms with Crippen LogP contribution in [-0.4, -0.2) is 22.1 Å². The molecule has 1 aromatic heterocycles. The van der Waals surface area contributed by atoms with Gasteiger partial charge in [-0.2, -0.15) is 15.0 Å². The van der Waals surface area contributed by atoms with Gasteiger partial charge in [0.1, 0.15) is 5.82 Å². The van der Waals surface area contributed by atoms with Crippen molar-refractivity contribution in [1.82, 2.24) is 15.0 Å². The topological polar surface area (TPSA) is 73.9 Å². The molecule has 0 saturated heterocycles. The largest absolute Gasteiger partial charge is 0.467 e. The molecule has 12 heavy (non-hydrogen) atoms. The Bertz CT molecular complexity index is 287. The van der Waals surface area contributed by atoms with Gasteiger partial charge in [-0.15, -0.1) is 6.58 Å². The number of methoxy groups -OCH3 is 1. The highest BCUT2D eigenvalue weighted by Gasteiger charge is 2.01. The first-order valence-electron chi connectivity index (χ1n) is 3.41. The van der Waals surface area contributed by atoms with Gasteiger partial charge in [-0.25, -0.2) is 0 Å². The average molecular weight is 166 g/mol. The summed E-state index contributed by atoms with van der Waals surface area (Å²) < 4.78 is 4.81. The predicted molar refractivity (Wildman–Crippen MR) is 44.7 cm³/mol. The van der Waals surface area contributed by atoms with Crippen LogP contribution in [0.1, 0.15) is 5.82 Å². The Morgan fingerprint density at radius 2 is 2.25 bits per heavy atom. The Balaban J connectivity index is 2.97. The molecule has 0 fully saturated rings. The van der Waals surface area contributed by atoms with Crippen molar-refractivity contribution < 1.29 is 4.74 Å². The first kappa shape index (κ1) is 8.45. The van der Waals surface area contributed by atoms with Crippen LogP contribution in [0.3, 0.4) is 0 Å². The number of aromatic nitrogens is 3. The van der Waals surface area contributed by atoms with E-state index in [0.29, 0.717) is 12.2 Å². The van der Waals surface area contributed by atoms with Crippen molar-refractivity contribution in [1.29, 1.82) is 0 Å². The van der Waals surface area contributed by atoms with E-state index in [1.165, 1.54) is 7.11 Å². The van der Waals surface area contributed by atoms with Crippen molar-refractivity contribution in [3.05, 3.63) is 18.5 Å². The van der Waals surface area contributed by atoms with Gasteiger partial charge >= 0.3 is 6.01 Å². The summed E-state index contributed by atoms with van der Waals surface area (Å²) in [6.45, 7) is 3.56. The van der Waals surface area contributed by atoms with Crippen molar-refractivity contribution in [3.8, 4) is 6.01 Å². The van der Waals surface area contributed by atoms with Crippen LogP contribution in [-0.2, 0) is 6.42 Å². The minimum atomic E-state index is 0.165. The minimum absolute atomic E-state index is 0.165. The van der Waals surface area contributed by atoms with Crippen LogP contribution in [0.2, 0.25) is 0 Å². The highest BCUT2D eigenvalue weighted by Crippen LogP contribution is 2.04. The number of nitrogens with zero attached hydrogens (tertiary/aromatic N) is 3. The summed E-state index contributed by atoms with van der Waals surface area (Å²) in [7, 11) is 1.48. The lowest BCUT2D eigenvalue weighted by atomic mass is 10.4. The number of nitrogens with two attached hydrogens (primary N) is 1. The summed E-state index contributed by atoms with van der Waals surface area (Å²) in [6.07, 6.45) is 2.25. The molecule has 1 heterocycles. The maximum absolute atomic E-state index is 5.39. The monoisotopic (exact) mass is 166 g/mol. The Morgan fingerprint density at radius 1 is 1.50 bits per heavy atom. The van der Waals surface area contributed by atoms with Crippen LogP contribution in [0.15, 0.2) is 12.7 Å². The lowest BCUT2D eigenvalue weighted by Crippen LogP contribution is -2.04. The van der Waals surface area contributed by atoms with Gasteiger partial charge in [-0.3, -0.25) is 0 Å².